The maximum atomic E-state index is 4.55. The maximum absolute atomic E-state index is 4.55. The van der Waals surface area contributed by atoms with Crippen LogP contribution in [-0.2, 0) is 0 Å². The summed E-state index contributed by atoms with van der Waals surface area (Å²) in [5.41, 5.74) is 2.01. The van der Waals surface area contributed by atoms with E-state index in [9.17, 15) is 0 Å². The second-order valence-electron chi connectivity index (χ2n) is 7.36. The van der Waals surface area contributed by atoms with E-state index in [1.165, 1.54) is 20.2 Å². The molecule has 6 rings (SSSR count). The topological polar surface area (TPSA) is 38.7 Å². The minimum Gasteiger partial charge on any atom is -0.213 e. The number of fused-ring (bicyclic) bond motifs is 3. The summed E-state index contributed by atoms with van der Waals surface area (Å²) in [6.07, 6.45) is 0. The zero-order chi connectivity index (χ0) is 21.8. The van der Waals surface area contributed by atoms with E-state index in [-0.39, 0.29) is 0 Å². The quantitative estimate of drug-likeness (QED) is 0.284. The molecule has 4 heteroatoms. The molecule has 2 heterocycles. The molecule has 0 fully saturated rings. The zero-order valence-corrected chi connectivity index (χ0v) is 18.5. The van der Waals surface area contributed by atoms with Gasteiger partial charge in [0, 0.05) is 31.3 Å². The van der Waals surface area contributed by atoms with Crippen molar-refractivity contribution in [2.75, 3.05) is 0 Å². The Morgan fingerprint density at radius 2 is 0.875 bits per heavy atom. The van der Waals surface area contributed by atoms with Crippen LogP contribution in [0.3, 0.4) is 0 Å². The first kappa shape index (κ1) is 20.0. The predicted octanol–water partition coefficient (Wildman–Crippen LogP) is 7.57. The number of hydrogen-bond acceptors (Lipinski definition) is 4. The third-order valence-electron chi connectivity index (χ3n) is 5.10. The average molecular weight is 432 g/mol. The van der Waals surface area contributed by atoms with Gasteiger partial charge in [0.05, 0.1) is 0 Å². The summed E-state index contributed by atoms with van der Waals surface area (Å²) in [5.74, 6) is 2.16. The van der Waals surface area contributed by atoms with Gasteiger partial charge < -0.3 is 0 Å². The average Bonchev–Trinajstić information content (AvgIpc) is 3.24. The van der Waals surface area contributed by atoms with E-state index >= 15 is 0 Å². The molecule has 0 atom stereocenters. The van der Waals surface area contributed by atoms with Crippen LogP contribution in [0.25, 0.3) is 42.9 Å². The highest BCUT2D eigenvalue weighted by molar-refractivity contribution is 7.25. The van der Waals surface area contributed by atoms with Gasteiger partial charge in [0.25, 0.3) is 0 Å². The van der Waals surface area contributed by atoms with Crippen molar-refractivity contribution >= 4 is 31.5 Å². The molecule has 0 aliphatic carbocycles. The van der Waals surface area contributed by atoms with Crippen molar-refractivity contribution in [1.82, 2.24) is 15.0 Å². The number of nitrogens with zero attached hydrogens (tertiary/aromatic N) is 3. The Balaban J connectivity index is 0.000000144. The van der Waals surface area contributed by atoms with Gasteiger partial charge in [-0.25, -0.2) is 15.0 Å². The summed E-state index contributed by atoms with van der Waals surface area (Å²) in [7, 11) is 0. The van der Waals surface area contributed by atoms with Crippen molar-refractivity contribution < 1.29 is 0 Å². The molecule has 4 aromatic carbocycles. The summed E-state index contributed by atoms with van der Waals surface area (Å²) in [4.78, 5) is 13.4. The smallest absolute Gasteiger partial charge is 0.163 e. The van der Waals surface area contributed by atoms with Gasteiger partial charge in [0.2, 0.25) is 0 Å². The Kier molecular flexibility index (Phi) is 5.69. The molecule has 32 heavy (non-hydrogen) atoms. The summed E-state index contributed by atoms with van der Waals surface area (Å²) < 4.78 is 2.76. The van der Waals surface area contributed by atoms with Crippen LogP contribution in [0.15, 0.2) is 109 Å². The van der Waals surface area contributed by atoms with Crippen molar-refractivity contribution in [1.29, 1.82) is 0 Å². The Hall–Kier alpha value is -3.89. The van der Waals surface area contributed by atoms with Crippen molar-refractivity contribution in [3.8, 4) is 22.8 Å². The van der Waals surface area contributed by atoms with E-state index < -0.39 is 0 Å². The van der Waals surface area contributed by atoms with Crippen LogP contribution in [0, 0.1) is 6.92 Å². The number of rotatable bonds is 2. The first-order valence-corrected chi connectivity index (χ1v) is 11.3. The molecule has 0 saturated heterocycles. The maximum Gasteiger partial charge on any atom is 0.163 e. The number of benzene rings is 4. The van der Waals surface area contributed by atoms with Gasteiger partial charge in [-0.15, -0.1) is 11.3 Å². The first-order chi connectivity index (χ1) is 15.8. The molecule has 0 aliphatic heterocycles. The van der Waals surface area contributed by atoms with Crippen LogP contribution in [0.1, 0.15) is 5.82 Å². The molecule has 0 unspecified atom stereocenters. The Labute approximate surface area is 191 Å². The fourth-order valence-corrected chi connectivity index (χ4v) is 4.70. The summed E-state index contributed by atoms with van der Waals surface area (Å²) in [6, 6.07) is 37.0. The van der Waals surface area contributed by atoms with Gasteiger partial charge >= 0.3 is 0 Å². The van der Waals surface area contributed by atoms with Crippen molar-refractivity contribution in [2.45, 2.75) is 6.92 Å². The molecule has 2 aromatic heterocycles. The van der Waals surface area contributed by atoms with Crippen LogP contribution in [0.5, 0.6) is 0 Å². The lowest BCUT2D eigenvalue weighted by atomic mass is 10.2. The normalized spacial score (nSPS) is 10.7. The van der Waals surface area contributed by atoms with Gasteiger partial charge in [0.1, 0.15) is 5.82 Å². The Bertz CT molecular complexity index is 1370. The van der Waals surface area contributed by atoms with Crippen molar-refractivity contribution in [3.63, 3.8) is 0 Å². The van der Waals surface area contributed by atoms with Crippen molar-refractivity contribution in [3.05, 3.63) is 115 Å². The molecule has 6 aromatic rings. The monoisotopic (exact) mass is 431 g/mol. The highest BCUT2D eigenvalue weighted by Crippen LogP contribution is 2.32. The third-order valence-corrected chi connectivity index (χ3v) is 6.25. The Morgan fingerprint density at radius 1 is 0.469 bits per heavy atom. The molecular formula is C28H21N3S. The summed E-state index contributed by atoms with van der Waals surface area (Å²) in [5, 5.41) is 2.76. The lowest BCUT2D eigenvalue weighted by Gasteiger charge is -2.05. The molecular weight excluding hydrogens is 410 g/mol. The lowest BCUT2D eigenvalue weighted by molar-refractivity contribution is 0.992. The SMILES string of the molecule is Cc1nc(-c2ccccc2)nc(-c2ccccc2)n1.c1ccc2c(c1)sc1ccccc12. The molecule has 0 saturated carbocycles. The van der Waals surface area contributed by atoms with E-state index in [4.69, 9.17) is 0 Å². The number of hydrogen-bond donors (Lipinski definition) is 0. The van der Waals surface area contributed by atoms with Gasteiger partial charge in [-0.2, -0.15) is 0 Å². The van der Waals surface area contributed by atoms with E-state index in [1.54, 1.807) is 0 Å². The number of aryl methyl sites for hydroxylation is 1. The largest absolute Gasteiger partial charge is 0.213 e. The van der Waals surface area contributed by atoms with Gasteiger partial charge in [-0.3, -0.25) is 0 Å². The predicted molar refractivity (Wildman–Crippen MR) is 135 cm³/mol. The highest BCUT2D eigenvalue weighted by atomic mass is 32.1. The van der Waals surface area contributed by atoms with E-state index in [2.05, 4.69) is 63.5 Å². The van der Waals surface area contributed by atoms with E-state index in [0.29, 0.717) is 11.6 Å². The molecule has 0 bridgehead atoms. The van der Waals surface area contributed by atoms with Gasteiger partial charge in [-0.1, -0.05) is 97.1 Å². The number of aromatic nitrogens is 3. The molecule has 0 radical (unpaired) electrons. The van der Waals surface area contributed by atoms with Crippen LogP contribution in [-0.4, -0.2) is 15.0 Å². The highest BCUT2D eigenvalue weighted by Gasteiger charge is 2.07. The van der Waals surface area contributed by atoms with Crippen LogP contribution >= 0.6 is 11.3 Å². The van der Waals surface area contributed by atoms with Gasteiger partial charge in [-0.05, 0) is 19.1 Å². The molecule has 154 valence electrons. The fourth-order valence-electron chi connectivity index (χ4n) is 3.59. The first-order valence-electron chi connectivity index (χ1n) is 10.5. The standard InChI is InChI=1S/C16H13N3.C12H8S/c1-12-17-15(13-8-4-2-5-9-13)19-16(18-12)14-10-6-3-7-11-14;1-3-7-11-9(5-1)10-6-2-4-8-12(10)13-11/h2-11H,1H3;1-8H. The zero-order valence-electron chi connectivity index (χ0n) is 17.6. The molecule has 3 nitrogen and oxygen atoms in total. The van der Waals surface area contributed by atoms with Crippen molar-refractivity contribution in [2.24, 2.45) is 0 Å². The molecule has 0 N–H and O–H groups in total. The minimum atomic E-state index is 0.715. The summed E-state index contributed by atoms with van der Waals surface area (Å²) >= 11 is 1.86. The second kappa shape index (κ2) is 9.08. The van der Waals surface area contributed by atoms with Crippen LogP contribution in [0.4, 0.5) is 0 Å². The minimum absolute atomic E-state index is 0.715. The van der Waals surface area contributed by atoms with Crippen LogP contribution < -0.4 is 0 Å². The molecule has 0 amide bonds. The number of thiophene rings is 1. The lowest BCUT2D eigenvalue weighted by Crippen LogP contribution is -1.99. The molecule has 0 aliphatic rings. The summed E-state index contributed by atoms with van der Waals surface area (Å²) in [6.45, 7) is 1.89. The van der Waals surface area contributed by atoms with Crippen LogP contribution in [0.2, 0.25) is 0 Å². The fraction of sp³-hybridized carbons (Fsp3) is 0.0357. The second-order valence-corrected chi connectivity index (χ2v) is 8.44. The molecule has 0 spiro atoms. The van der Waals surface area contributed by atoms with Gasteiger partial charge in [0.15, 0.2) is 11.6 Å². The Morgan fingerprint density at radius 3 is 1.34 bits per heavy atom. The van der Waals surface area contributed by atoms with E-state index in [1.807, 2.05) is 78.9 Å². The van der Waals surface area contributed by atoms with E-state index in [0.717, 1.165) is 17.0 Å². The third kappa shape index (κ3) is 4.27.